The summed E-state index contributed by atoms with van der Waals surface area (Å²) in [4.78, 5) is 34.4. The SMILES string of the molecule is CCOC(=CC1(N)NC(N)(C=CC(=O)O)NC(N)(C(OCC)=C(OCC)C(=O)O)N1)C(=O)O. The van der Waals surface area contributed by atoms with Gasteiger partial charge in [-0.2, -0.15) is 0 Å². The van der Waals surface area contributed by atoms with Crippen LogP contribution in [-0.4, -0.2) is 70.4 Å². The van der Waals surface area contributed by atoms with Crippen LogP contribution in [0.5, 0.6) is 0 Å². The zero-order chi connectivity index (χ0) is 25.4. The lowest BCUT2D eigenvalue weighted by molar-refractivity contribution is -0.138. The standard InChI is InChI=1S/C18H30N6O9/c1-4-31-10(14(27)28)9-17(20)22-16(19,8-7-11(25)26)23-18(21,24-17)13(33-6-3)12(15(29)30)32-5-2/h7-9,22-24H,4-6,19-21H2,1-3H3,(H,25,26)(H,27,28)(H,29,30). The lowest BCUT2D eigenvalue weighted by Crippen LogP contribution is -2.91. The molecule has 0 radical (unpaired) electrons. The number of carboxylic acids is 3. The van der Waals surface area contributed by atoms with Crippen LogP contribution in [0, 0.1) is 0 Å². The summed E-state index contributed by atoms with van der Waals surface area (Å²) in [7, 11) is 0. The Morgan fingerprint density at radius 2 is 1.36 bits per heavy atom. The first-order chi connectivity index (χ1) is 15.2. The van der Waals surface area contributed by atoms with Gasteiger partial charge in [-0.3, -0.25) is 17.2 Å². The van der Waals surface area contributed by atoms with E-state index in [1.807, 2.05) is 0 Å². The van der Waals surface area contributed by atoms with E-state index in [1.165, 1.54) is 13.8 Å². The van der Waals surface area contributed by atoms with E-state index >= 15 is 0 Å². The monoisotopic (exact) mass is 474 g/mol. The Morgan fingerprint density at radius 3 is 1.82 bits per heavy atom. The molecule has 0 aromatic heterocycles. The normalized spacial score (nSPS) is 28.7. The van der Waals surface area contributed by atoms with Crippen LogP contribution in [-0.2, 0) is 28.6 Å². The molecule has 33 heavy (non-hydrogen) atoms. The molecule has 0 aromatic carbocycles. The number of carbonyl (C=O) groups is 3. The summed E-state index contributed by atoms with van der Waals surface area (Å²) in [6.45, 7) is 4.45. The average molecular weight is 474 g/mol. The fourth-order valence-corrected chi connectivity index (χ4v) is 2.96. The summed E-state index contributed by atoms with van der Waals surface area (Å²) in [6, 6.07) is 0. The van der Waals surface area contributed by atoms with E-state index in [0.29, 0.717) is 6.08 Å². The number of aliphatic carboxylic acids is 3. The highest BCUT2D eigenvalue weighted by Crippen LogP contribution is 2.25. The molecule has 15 nitrogen and oxygen atoms in total. The summed E-state index contributed by atoms with van der Waals surface area (Å²) >= 11 is 0. The van der Waals surface area contributed by atoms with Crippen molar-refractivity contribution < 1.29 is 43.9 Å². The second-order valence-electron chi connectivity index (χ2n) is 6.67. The van der Waals surface area contributed by atoms with Crippen LogP contribution in [0.2, 0.25) is 0 Å². The van der Waals surface area contributed by atoms with Crippen LogP contribution < -0.4 is 33.2 Å². The number of rotatable bonds is 12. The van der Waals surface area contributed by atoms with Gasteiger partial charge in [0, 0.05) is 12.2 Å². The van der Waals surface area contributed by atoms with Gasteiger partial charge < -0.3 is 29.5 Å². The Morgan fingerprint density at radius 1 is 0.818 bits per heavy atom. The van der Waals surface area contributed by atoms with Gasteiger partial charge in [0.2, 0.25) is 11.5 Å². The van der Waals surface area contributed by atoms with Crippen molar-refractivity contribution in [2.45, 2.75) is 38.1 Å². The molecule has 0 bridgehead atoms. The molecule has 3 atom stereocenters. The lowest BCUT2D eigenvalue weighted by Gasteiger charge is -2.52. The second-order valence-corrected chi connectivity index (χ2v) is 6.67. The zero-order valence-electron chi connectivity index (χ0n) is 18.4. The van der Waals surface area contributed by atoms with Crippen LogP contribution >= 0.6 is 0 Å². The van der Waals surface area contributed by atoms with Crippen LogP contribution in [0.15, 0.2) is 35.5 Å². The molecule has 0 saturated carbocycles. The number of nitrogens with one attached hydrogen (secondary N) is 3. The molecule has 1 saturated heterocycles. The molecule has 0 amide bonds. The van der Waals surface area contributed by atoms with Crippen molar-refractivity contribution in [3.05, 3.63) is 35.5 Å². The van der Waals surface area contributed by atoms with Crippen molar-refractivity contribution in [3.8, 4) is 0 Å². The first-order valence-electron chi connectivity index (χ1n) is 9.74. The topological polar surface area (TPSA) is 254 Å². The molecule has 0 aromatic rings. The predicted octanol–water partition coefficient (Wildman–Crippen LogP) is -2.38. The van der Waals surface area contributed by atoms with Crippen LogP contribution in [0.1, 0.15) is 20.8 Å². The van der Waals surface area contributed by atoms with Gasteiger partial charge in [0.1, 0.15) is 11.6 Å². The molecule has 1 aliphatic heterocycles. The summed E-state index contributed by atoms with van der Waals surface area (Å²) in [6.07, 6.45) is 2.49. The van der Waals surface area contributed by atoms with E-state index < -0.39 is 52.5 Å². The summed E-state index contributed by atoms with van der Waals surface area (Å²) in [5.74, 6) is -12.5. The Labute approximate surface area is 189 Å². The van der Waals surface area contributed by atoms with Gasteiger partial charge in [-0.05, 0) is 26.8 Å². The van der Waals surface area contributed by atoms with Gasteiger partial charge in [-0.1, -0.05) is 0 Å². The molecule has 15 heteroatoms. The second kappa shape index (κ2) is 11.1. The van der Waals surface area contributed by atoms with Crippen LogP contribution in [0.4, 0.5) is 0 Å². The molecule has 3 unspecified atom stereocenters. The average Bonchev–Trinajstić information content (AvgIpc) is 2.67. The molecule has 0 spiro atoms. The van der Waals surface area contributed by atoms with Crippen molar-refractivity contribution in [2.75, 3.05) is 19.8 Å². The largest absolute Gasteiger partial charge is 0.489 e. The number of nitrogens with two attached hydrogens (primary N) is 3. The molecule has 186 valence electrons. The quantitative estimate of drug-likeness (QED) is 0.106. The minimum atomic E-state index is -2.22. The van der Waals surface area contributed by atoms with E-state index in [4.69, 9.17) is 36.5 Å². The number of ether oxygens (including phenoxy) is 3. The fourth-order valence-electron chi connectivity index (χ4n) is 2.96. The van der Waals surface area contributed by atoms with Crippen molar-refractivity contribution in [1.82, 2.24) is 16.0 Å². The van der Waals surface area contributed by atoms with E-state index in [2.05, 4.69) is 16.0 Å². The molecule has 0 aliphatic carbocycles. The highest BCUT2D eigenvalue weighted by atomic mass is 16.5. The maximum absolute atomic E-state index is 11.8. The molecule has 1 rings (SSSR count). The number of hydrogen-bond donors (Lipinski definition) is 9. The first kappa shape index (κ1) is 27.8. The molecule has 1 aliphatic rings. The summed E-state index contributed by atoms with van der Waals surface area (Å²) in [5, 5.41) is 35.8. The molecule has 1 fully saturated rings. The van der Waals surface area contributed by atoms with Gasteiger partial charge in [0.25, 0.3) is 0 Å². The highest BCUT2D eigenvalue weighted by Gasteiger charge is 2.52. The van der Waals surface area contributed by atoms with Gasteiger partial charge in [-0.15, -0.1) is 0 Å². The van der Waals surface area contributed by atoms with Gasteiger partial charge in [0.15, 0.2) is 11.5 Å². The van der Waals surface area contributed by atoms with E-state index in [-0.39, 0.29) is 19.8 Å². The lowest BCUT2D eigenvalue weighted by atomic mass is 10.1. The Bertz CT molecular complexity index is 860. The van der Waals surface area contributed by atoms with Gasteiger partial charge in [0.05, 0.1) is 19.8 Å². The molecule has 1 heterocycles. The Balaban J connectivity index is 3.80. The van der Waals surface area contributed by atoms with E-state index in [9.17, 15) is 24.6 Å². The zero-order valence-corrected chi connectivity index (χ0v) is 18.4. The van der Waals surface area contributed by atoms with Crippen molar-refractivity contribution in [1.29, 1.82) is 0 Å². The Hall–Kier alpha value is -3.21. The van der Waals surface area contributed by atoms with Crippen LogP contribution in [0.3, 0.4) is 0 Å². The molecular formula is C18H30N6O9. The fraction of sp³-hybridized carbons (Fsp3) is 0.500. The molecular weight excluding hydrogens is 444 g/mol. The van der Waals surface area contributed by atoms with E-state index in [0.717, 1.165) is 12.2 Å². The maximum atomic E-state index is 11.8. The third-order valence-electron chi connectivity index (χ3n) is 3.92. The van der Waals surface area contributed by atoms with Crippen molar-refractivity contribution in [2.24, 2.45) is 17.2 Å². The van der Waals surface area contributed by atoms with Gasteiger partial charge >= 0.3 is 17.9 Å². The predicted molar refractivity (Wildman–Crippen MR) is 112 cm³/mol. The minimum Gasteiger partial charge on any atom is -0.489 e. The number of carboxylic acid groups (broad SMARTS) is 3. The van der Waals surface area contributed by atoms with Crippen LogP contribution in [0.25, 0.3) is 0 Å². The van der Waals surface area contributed by atoms with E-state index in [1.54, 1.807) is 6.92 Å². The minimum absolute atomic E-state index is 0.0233. The van der Waals surface area contributed by atoms with Gasteiger partial charge in [-0.25, -0.2) is 30.3 Å². The molecule has 12 N–H and O–H groups in total. The first-order valence-corrected chi connectivity index (χ1v) is 9.74. The Kier molecular flexibility index (Phi) is 9.34. The third kappa shape index (κ3) is 7.41. The number of hydrogen-bond acceptors (Lipinski definition) is 12. The van der Waals surface area contributed by atoms with Crippen molar-refractivity contribution in [3.63, 3.8) is 0 Å². The van der Waals surface area contributed by atoms with Crippen molar-refractivity contribution >= 4 is 17.9 Å². The third-order valence-corrected chi connectivity index (χ3v) is 3.92. The summed E-state index contributed by atoms with van der Waals surface area (Å²) in [5.41, 5.74) is 18.9. The smallest absolute Gasteiger partial charge is 0.375 e. The maximum Gasteiger partial charge on any atom is 0.375 e. The summed E-state index contributed by atoms with van der Waals surface area (Å²) < 4.78 is 15.7. The highest BCUT2D eigenvalue weighted by molar-refractivity contribution is 5.85.